The van der Waals surface area contributed by atoms with E-state index in [-0.39, 0.29) is 0 Å². The summed E-state index contributed by atoms with van der Waals surface area (Å²) in [5, 5.41) is 0. The number of para-hydroxylation sites is 1. The zero-order valence-electron chi connectivity index (χ0n) is 9.84. The summed E-state index contributed by atoms with van der Waals surface area (Å²) in [6.45, 7) is 0.505. The van der Waals surface area contributed by atoms with Crippen LogP contribution in [0.25, 0.3) is 16.8 Å². The van der Waals surface area contributed by atoms with Crippen molar-refractivity contribution in [2.24, 2.45) is 12.8 Å². The molecule has 0 spiro atoms. The first kappa shape index (κ1) is 10.2. The number of fused-ring (bicyclic) bond motifs is 3. The van der Waals surface area contributed by atoms with Crippen molar-refractivity contribution in [1.82, 2.24) is 14.0 Å². The van der Waals surface area contributed by atoms with Gasteiger partial charge in [-0.2, -0.15) is 0 Å². The Morgan fingerprint density at radius 3 is 2.94 bits per heavy atom. The molecule has 88 valence electrons. The van der Waals surface area contributed by atoms with Crippen LogP contribution >= 0.6 is 0 Å². The number of hydrogen-bond acceptors (Lipinski definition) is 3. The lowest BCUT2D eigenvalue weighted by Crippen LogP contribution is -2.03. The van der Waals surface area contributed by atoms with Gasteiger partial charge in [-0.3, -0.25) is 4.40 Å². The summed E-state index contributed by atoms with van der Waals surface area (Å²) < 4.78 is 9.35. The Balaban J connectivity index is 2.44. The van der Waals surface area contributed by atoms with E-state index in [0.29, 0.717) is 6.54 Å². The lowest BCUT2D eigenvalue weighted by Gasteiger charge is -1.99. The molecule has 3 aromatic rings. The summed E-state index contributed by atoms with van der Waals surface area (Å²) in [7, 11) is 3.62. The third-order valence-electron chi connectivity index (χ3n) is 3.10. The lowest BCUT2D eigenvalue weighted by molar-refractivity contribution is 0.419. The van der Waals surface area contributed by atoms with E-state index in [2.05, 4.69) is 4.98 Å². The molecule has 0 fully saturated rings. The molecular formula is C12H14N4O. The molecule has 2 heterocycles. The second-order valence-electron chi connectivity index (χ2n) is 3.99. The predicted octanol–water partition coefficient (Wildman–Crippen LogP) is 1.29. The first-order valence-corrected chi connectivity index (χ1v) is 5.45. The fourth-order valence-electron chi connectivity index (χ4n) is 2.16. The number of nitrogens with two attached hydrogens (primary N) is 1. The van der Waals surface area contributed by atoms with Crippen molar-refractivity contribution in [2.45, 2.75) is 6.54 Å². The maximum atomic E-state index is 5.69. The number of aryl methyl sites for hydroxylation is 1. The zero-order valence-corrected chi connectivity index (χ0v) is 9.84. The Kier molecular flexibility index (Phi) is 2.09. The minimum atomic E-state index is 0.505. The average Bonchev–Trinajstić information content (AvgIpc) is 2.86. The van der Waals surface area contributed by atoms with Gasteiger partial charge in [0.05, 0.1) is 18.3 Å². The quantitative estimate of drug-likeness (QED) is 0.721. The number of methoxy groups -OCH3 is 1. The molecule has 3 rings (SSSR count). The molecule has 5 nitrogen and oxygen atoms in total. The molecule has 0 aliphatic carbocycles. The van der Waals surface area contributed by atoms with E-state index < -0.39 is 0 Å². The van der Waals surface area contributed by atoms with Crippen molar-refractivity contribution in [3.8, 4) is 5.75 Å². The largest absolute Gasteiger partial charge is 0.494 e. The summed E-state index contributed by atoms with van der Waals surface area (Å²) in [5.74, 6) is 1.67. The van der Waals surface area contributed by atoms with Crippen molar-refractivity contribution in [1.29, 1.82) is 0 Å². The maximum absolute atomic E-state index is 5.69. The van der Waals surface area contributed by atoms with Crippen LogP contribution in [0.3, 0.4) is 0 Å². The van der Waals surface area contributed by atoms with Crippen LogP contribution in [0, 0.1) is 0 Å². The van der Waals surface area contributed by atoms with Crippen molar-refractivity contribution in [3.05, 3.63) is 30.1 Å². The number of benzene rings is 1. The van der Waals surface area contributed by atoms with Crippen molar-refractivity contribution >= 4 is 16.8 Å². The standard InChI is InChI=1S/C12H14N4O/c1-15-8(6-13)7-16-9-4-3-5-10(17-2)11(9)14-12(15)16/h3-5,7H,6,13H2,1-2H3. The van der Waals surface area contributed by atoms with Gasteiger partial charge in [0.2, 0.25) is 5.78 Å². The lowest BCUT2D eigenvalue weighted by atomic mass is 10.3. The molecule has 5 heteroatoms. The van der Waals surface area contributed by atoms with Crippen LogP contribution in [0.2, 0.25) is 0 Å². The number of rotatable bonds is 2. The molecule has 0 amide bonds. The molecule has 2 aromatic heterocycles. The molecule has 0 bridgehead atoms. The first-order valence-electron chi connectivity index (χ1n) is 5.45. The minimum Gasteiger partial charge on any atom is -0.494 e. The minimum absolute atomic E-state index is 0.505. The van der Waals surface area contributed by atoms with Gasteiger partial charge in [0.25, 0.3) is 0 Å². The smallest absolute Gasteiger partial charge is 0.215 e. The maximum Gasteiger partial charge on any atom is 0.215 e. The molecular weight excluding hydrogens is 216 g/mol. The first-order chi connectivity index (χ1) is 8.26. The average molecular weight is 230 g/mol. The number of aromatic nitrogens is 3. The number of ether oxygens (including phenoxy) is 1. The van der Waals surface area contributed by atoms with Gasteiger partial charge in [-0.05, 0) is 12.1 Å². The molecule has 0 unspecified atom stereocenters. The highest BCUT2D eigenvalue weighted by atomic mass is 16.5. The molecule has 0 saturated carbocycles. The van der Waals surface area contributed by atoms with Crippen LogP contribution in [-0.2, 0) is 13.6 Å². The van der Waals surface area contributed by atoms with Crippen LogP contribution in [-0.4, -0.2) is 21.1 Å². The fourth-order valence-corrected chi connectivity index (χ4v) is 2.16. The van der Waals surface area contributed by atoms with Crippen LogP contribution in [0.15, 0.2) is 24.4 Å². The van der Waals surface area contributed by atoms with Crippen LogP contribution in [0.5, 0.6) is 5.75 Å². The number of nitrogens with zero attached hydrogens (tertiary/aromatic N) is 3. The van der Waals surface area contributed by atoms with Gasteiger partial charge in [0.1, 0.15) is 11.3 Å². The molecule has 0 saturated heterocycles. The normalized spacial score (nSPS) is 11.5. The van der Waals surface area contributed by atoms with Gasteiger partial charge in [-0.15, -0.1) is 0 Å². The summed E-state index contributed by atoms with van der Waals surface area (Å²) in [6.07, 6.45) is 2.02. The molecule has 0 aliphatic heterocycles. The Morgan fingerprint density at radius 2 is 2.24 bits per heavy atom. The van der Waals surface area contributed by atoms with E-state index >= 15 is 0 Å². The second kappa shape index (κ2) is 3.49. The SMILES string of the molecule is COc1cccc2c1nc1n(C)c(CN)cn21. The molecule has 2 N–H and O–H groups in total. The van der Waals surface area contributed by atoms with E-state index in [9.17, 15) is 0 Å². The van der Waals surface area contributed by atoms with E-state index in [1.54, 1.807) is 7.11 Å². The number of imidazole rings is 2. The van der Waals surface area contributed by atoms with Gasteiger partial charge in [0, 0.05) is 19.8 Å². The van der Waals surface area contributed by atoms with E-state index in [4.69, 9.17) is 10.5 Å². The second-order valence-corrected chi connectivity index (χ2v) is 3.99. The number of hydrogen-bond donors (Lipinski definition) is 1. The van der Waals surface area contributed by atoms with Crippen LogP contribution in [0.4, 0.5) is 0 Å². The monoisotopic (exact) mass is 230 g/mol. The van der Waals surface area contributed by atoms with Gasteiger partial charge in [0.15, 0.2) is 0 Å². The molecule has 0 atom stereocenters. The van der Waals surface area contributed by atoms with Gasteiger partial charge in [-0.1, -0.05) is 6.07 Å². The summed E-state index contributed by atoms with van der Waals surface area (Å²) in [6, 6.07) is 5.90. The van der Waals surface area contributed by atoms with E-state index in [1.807, 2.05) is 40.4 Å². The van der Waals surface area contributed by atoms with E-state index in [0.717, 1.165) is 28.3 Å². The third-order valence-corrected chi connectivity index (χ3v) is 3.10. The van der Waals surface area contributed by atoms with E-state index in [1.165, 1.54) is 0 Å². The van der Waals surface area contributed by atoms with Gasteiger partial charge >= 0.3 is 0 Å². The fraction of sp³-hybridized carbons (Fsp3) is 0.250. The Morgan fingerprint density at radius 1 is 1.41 bits per heavy atom. The Hall–Kier alpha value is -2.01. The van der Waals surface area contributed by atoms with Gasteiger partial charge in [-0.25, -0.2) is 4.98 Å². The Bertz CT molecular complexity index is 695. The van der Waals surface area contributed by atoms with Crippen molar-refractivity contribution < 1.29 is 4.74 Å². The van der Waals surface area contributed by atoms with Crippen LogP contribution < -0.4 is 10.5 Å². The predicted molar refractivity (Wildman–Crippen MR) is 66.1 cm³/mol. The summed E-state index contributed by atoms with van der Waals surface area (Å²) in [5.41, 5.74) is 8.66. The van der Waals surface area contributed by atoms with Crippen LogP contribution in [0.1, 0.15) is 5.69 Å². The molecule has 17 heavy (non-hydrogen) atoms. The molecule has 0 radical (unpaired) electrons. The highest BCUT2D eigenvalue weighted by molar-refractivity contribution is 5.85. The van der Waals surface area contributed by atoms with Crippen molar-refractivity contribution in [2.75, 3.05) is 7.11 Å². The third kappa shape index (κ3) is 1.26. The molecule has 1 aromatic carbocycles. The zero-order chi connectivity index (χ0) is 12.0. The highest BCUT2D eigenvalue weighted by Crippen LogP contribution is 2.26. The molecule has 0 aliphatic rings. The van der Waals surface area contributed by atoms with Gasteiger partial charge < -0.3 is 15.0 Å². The highest BCUT2D eigenvalue weighted by Gasteiger charge is 2.13. The topological polar surface area (TPSA) is 57.5 Å². The Labute approximate surface area is 98.4 Å². The summed E-state index contributed by atoms with van der Waals surface area (Å²) >= 11 is 0. The summed E-state index contributed by atoms with van der Waals surface area (Å²) in [4.78, 5) is 4.60. The van der Waals surface area contributed by atoms with Crippen molar-refractivity contribution in [3.63, 3.8) is 0 Å².